The lowest BCUT2D eigenvalue weighted by Gasteiger charge is -2.40. The van der Waals surface area contributed by atoms with Crippen LogP contribution < -0.4 is 0 Å². The summed E-state index contributed by atoms with van der Waals surface area (Å²) in [6.45, 7) is 18.5. The molecule has 1 heteroatoms. The van der Waals surface area contributed by atoms with Crippen LogP contribution in [0.4, 0.5) is 4.39 Å². The maximum atomic E-state index is 14.5. The molecule has 0 N–H and O–H groups in total. The van der Waals surface area contributed by atoms with Crippen molar-refractivity contribution in [3.05, 3.63) is 47.9 Å². The highest BCUT2D eigenvalue weighted by Crippen LogP contribution is 2.47. The highest BCUT2D eigenvalue weighted by atomic mass is 19.1. The predicted molar refractivity (Wildman–Crippen MR) is 84.8 cm³/mol. The van der Waals surface area contributed by atoms with Crippen molar-refractivity contribution in [1.82, 2.24) is 0 Å². The van der Waals surface area contributed by atoms with Crippen molar-refractivity contribution in [3.63, 3.8) is 0 Å². The van der Waals surface area contributed by atoms with Crippen molar-refractivity contribution in [2.75, 3.05) is 0 Å². The molecule has 0 fully saturated rings. The summed E-state index contributed by atoms with van der Waals surface area (Å²) >= 11 is 0. The van der Waals surface area contributed by atoms with Crippen molar-refractivity contribution >= 4 is 0 Å². The zero-order chi connectivity index (χ0) is 15.3. The van der Waals surface area contributed by atoms with Gasteiger partial charge in [0.15, 0.2) is 0 Å². The minimum Gasteiger partial charge on any atom is -0.207 e. The quantitative estimate of drug-likeness (QED) is 0.505. The maximum Gasteiger partial charge on any atom is 0.126 e. The van der Waals surface area contributed by atoms with Crippen LogP contribution in [0, 0.1) is 10.8 Å². The van der Waals surface area contributed by atoms with E-state index in [0.29, 0.717) is 0 Å². The predicted octanol–water partition coefficient (Wildman–Crippen LogP) is 6.38. The number of allylic oxidation sites excluding steroid dienone is 7. The summed E-state index contributed by atoms with van der Waals surface area (Å²) in [6.07, 6.45) is 7.83. The van der Waals surface area contributed by atoms with E-state index >= 15 is 0 Å². The molecular weight excluding hydrogens is 235 g/mol. The van der Waals surface area contributed by atoms with Gasteiger partial charge in [-0.1, -0.05) is 71.9 Å². The summed E-state index contributed by atoms with van der Waals surface area (Å²) in [5.41, 5.74) is 1.38. The van der Waals surface area contributed by atoms with Gasteiger partial charge in [0, 0.05) is 0 Å². The molecule has 0 aliphatic rings. The van der Waals surface area contributed by atoms with Crippen LogP contribution in [0.3, 0.4) is 0 Å². The first-order chi connectivity index (χ1) is 8.57. The second kappa shape index (κ2) is 6.88. The minimum atomic E-state index is -0.271. The van der Waals surface area contributed by atoms with Gasteiger partial charge in [0.2, 0.25) is 0 Å². The smallest absolute Gasteiger partial charge is 0.126 e. The van der Waals surface area contributed by atoms with Crippen LogP contribution in [0.15, 0.2) is 47.9 Å². The number of hydrogen-bond donors (Lipinski definition) is 0. The molecule has 0 amide bonds. The average molecular weight is 264 g/mol. The molecule has 0 unspecified atom stereocenters. The Morgan fingerprint density at radius 2 is 1.68 bits per heavy atom. The van der Waals surface area contributed by atoms with Crippen molar-refractivity contribution in [1.29, 1.82) is 0 Å². The Labute approximate surface area is 118 Å². The van der Waals surface area contributed by atoms with Crippen LogP contribution in [0.5, 0.6) is 0 Å². The van der Waals surface area contributed by atoms with Crippen molar-refractivity contribution in [2.24, 2.45) is 10.8 Å². The van der Waals surface area contributed by atoms with E-state index in [0.717, 1.165) is 17.6 Å². The topological polar surface area (TPSA) is 0 Å². The first kappa shape index (κ1) is 17.9. The lowest BCUT2D eigenvalue weighted by Crippen LogP contribution is -2.32. The van der Waals surface area contributed by atoms with Crippen LogP contribution >= 0.6 is 0 Å². The Bertz CT molecular complexity index is 398. The number of halogens is 1. The minimum absolute atomic E-state index is 0.0338. The van der Waals surface area contributed by atoms with Gasteiger partial charge >= 0.3 is 0 Å². The zero-order valence-corrected chi connectivity index (χ0v) is 13.6. The molecule has 0 aromatic rings. The maximum absolute atomic E-state index is 14.5. The van der Waals surface area contributed by atoms with Gasteiger partial charge in [-0.15, -0.1) is 0 Å². The summed E-state index contributed by atoms with van der Waals surface area (Å²) in [7, 11) is 0. The van der Waals surface area contributed by atoms with E-state index in [1.54, 1.807) is 6.08 Å². The monoisotopic (exact) mass is 264 g/mol. The van der Waals surface area contributed by atoms with E-state index in [9.17, 15) is 4.39 Å². The molecule has 0 aromatic carbocycles. The fourth-order valence-electron chi connectivity index (χ4n) is 1.53. The summed E-state index contributed by atoms with van der Waals surface area (Å²) in [6, 6.07) is 0. The van der Waals surface area contributed by atoms with E-state index in [1.807, 2.05) is 26.0 Å². The molecule has 0 spiro atoms. The molecule has 19 heavy (non-hydrogen) atoms. The van der Waals surface area contributed by atoms with Crippen molar-refractivity contribution in [2.45, 2.75) is 54.9 Å². The van der Waals surface area contributed by atoms with E-state index in [2.05, 4.69) is 41.2 Å². The van der Waals surface area contributed by atoms with E-state index in [4.69, 9.17) is 0 Å². The second-order valence-electron chi connectivity index (χ2n) is 6.49. The number of rotatable bonds is 5. The summed E-state index contributed by atoms with van der Waals surface area (Å²) in [5.74, 6) is -0.173. The molecule has 0 bridgehead atoms. The van der Waals surface area contributed by atoms with E-state index in [1.165, 1.54) is 6.08 Å². The molecule has 0 atom stereocenters. The normalized spacial score (nSPS) is 15.2. The fourth-order valence-corrected chi connectivity index (χ4v) is 1.53. The van der Waals surface area contributed by atoms with Gasteiger partial charge in [0.05, 0.1) is 0 Å². The van der Waals surface area contributed by atoms with Gasteiger partial charge in [-0.3, -0.25) is 0 Å². The summed E-state index contributed by atoms with van der Waals surface area (Å²) < 4.78 is 14.5. The summed E-state index contributed by atoms with van der Waals surface area (Å²) in [4.78, 5) is 0. The van der Waals surface area contributed by atoms with Gasteiger partial charge in [-0.25, -0.2) is 4.39 Å². The molecule has 0 nitrogen and oxygen atoms in total. The molecular formula is C18H29F. The van der Waals surface area contributed by atoms with Crippen LogP contribution in [0.25, 0.3) is 0 Å². The highest BCUT2D eigenvalue weighted by molar-refractivity contribution is 5.39. The van der Waals surface area contributed by atoms with Gasteiger partial charge in [0.25, 0.3) is 0 Å². The first-order valence-electron chi connectivity index (χ1n) is 6.96. The zero-order valence-electron chi connectivity index (χ0n) is 13.6. The third-order valence-electron chi connectivity index (χ3n) is 4.04. The standard InChI is InChI=1S/C18H29F/c1-9-11-12-16(19)15(13-14(3)10-2)18(7,8)17(4,5)6/h9,11-13H,3,10H2,1-2,4-8H3/b11-9-,15-13-,16-12+. The lowest BCUT2D eigenvalue weighted by atomic mass is 9.64. The van der Waals surface area contributed by atoms with Gasteiger partial charge < -0.3 is 0 Å². The largest absolute Gasteiger partial charge is 0.207 e. The second-order valence-corrected chi connectivity index (χ2v) is 6.49. The van der Waals surface area contributed by atoms with Crippen molar-refractivity contribution < 1.29 is 4.39 Å². The molecule has 108 valence electrons. The Morgan fingerprint density at radius 3 is 2.05 bits per heavy atom. The average Bonchev–Trinajstić information content (AvgIpc) is 2.30. The van der Waals surface area contributed by atoms with E-state index in [-0.39, 0.29) is 16.7 Å². The molecule has 0 aliphatic carbocycles. The number of hydrogen-bond acceptors (Lipinski definition) is 0. The lowest BCUT2D eigenvalue weighted by molar-refractivity contribution is 0.175. The van der Waals surface area contributed by atoms with Crippen molar-refractivity contribution in [3.8, 4) is 0 Å². The SMILES string of the molecule is C=C(/C=C(/C(F)=C\C=C/C)C(C)(C)C(C)(C)C)CC. The first-order valence-corrected chi connectivity index (χ1v) is 6.96. The van der Waals surface area contributed by atoms with Gasteiger partial charge in [-0.05, 0) is 35.8 Å². The summed E-state index contributed by atoms with van der Waals surface area (Å²) in [5, 5.41) is 0. The Morgan fingerprint density at radius 1 is 1.16 bits per heavy atom. The molecule has 0 rings (SSSR count). The third kappa shape index (κ3) is 4.81. The van der Waals surface area contributed by atoms with Crippen LogP contribution in [0.2, 0.25) is 0 Å². The fraction of sp³-hybridized carbons (Fsp3) is 0.556. The molecule has 0 saturated carbocycles. The van der Waals surface area contributed by atoms with Crippen LogP contribution in [0.1, 0.15) is 54.9 Å². The van der Waals surface area contributed by atoms with E-state index < -0.39 is 0 Å². The van der Waals surface area contributed by atoms with Gasteiger partial charge in [0.1, 0.15) is 5.83 Å². The molecule has 0 radical (unpaired) electrons. The van der Waals surface area contributed by atoms with Crippen LogP contribution in [-0.2, 0) is 0 Å². The third-order valence-corrected chi connectivity index (χ3v) is 4.04. The van der Waals surface area contributed by atoms with Gasteiger partial charge in [-0.2, -0.15) is 0 Å². The van der Waals surface area contributed by atoms with Crippen LogP contribution in [-0.4, -0.2) is 0 Å². The Kier molecular flexibility index (Phi) is 6.48. The highest BCUT2D eigenvalue weighted by Gasteiger charge is 2.37. The molecule has 0 aromatic heterocycles. The molecule has 0 aliphatic heterocycles. The molecule has 0 heterocycles. The Hall–Kier alpha value is -1.11. The molecule has 0 saturated heterocycles. The Balaban J connectivity index is 5.81.